The Bertz CT molecular complexity index is 2600. The smallest absolute Gasteiger partial charge is 0.407 e. The second-order valence-corrected chi connectivity index (χ2v) is 16.9. The zero-order valence-corrected chi connectivity index (χ0v) is 33.9. The average molecular weight is 811 g/mol. The molecule has 6 aromatic rings. The molecule has 2 atom stereocenters. The van der Waals surface area contributed by atoms with Gasteiger partial charge < -0.3 is 46.2 Å². The Hall–Kier alpha value is -6.60. The number of phenols is 2. The molecule has 13 heteroatoms. The zero-order valence-electron chi connectivity index (χ0n) is 33.9. The van der Waals surface area contributed by atoms with Gasteiger partial charge in [-0.15, -0.1) is 0 Å². The average Bonchev–Trinajstić information content (AvgIpc) is 3.96. The van der Waals surface area contributed by atoms with Crippen LogP contribution in [-0.2, 0) is 11.3 Å². The highest BCUT2D eigenvalue weighted by Crippen LogP contribution is 2.40. The van der Waals surface area contributed by atoms with Crippen LogP contribution in [0.2, 0.25) is 0 Å². The zero-order chi connectivity index (χ0) is 42.1. The molecule has 0 spiro atoms. The van der Waals surface area contributed by atoms with E-state index >= 15 is 0 Å². The normalized spacial score (nSPS) is 19.5. The van der Waals surface area contributed by atoms with Crippen molar-refractivity contribution in [2.45, 2.75) is 70.7 Å². The summed E-state index contributed by atoms with van der Waals surface area (Å²) in [7, 11) is 0. The van der Waals surface area contributed by atoms with Crippen LogP contribution in [0.25, 0.3) is 21.8 Å². The van der Waals surface area contributed by atoms with Crippen molar-refractivity contribution in [2.24, 2.45) is 11.8 Å². The monoisotopic (exact) mass is 810 g/mol. The van der Waals surface area contributed by atoms with Gasteiger partial charge in [-0.25, -0.2) is 4.79 Å². The second kappa shape index (κ2) is 16.6. The topological polar surface area (TPSA) is 198 Å². The van der Waals surface area contributed by atoms with E-state index in [1.165, 1.54) is 6.07 Å². The Morgan fingerprint density at radius 2 is 1.25 bits per heavy atom. The number of aromatic hydroxyl groups is 2. The van der Waals surface area contributed by atoms with Gasteiger partial charge in [-0.2, -0.15) is 0 Å². The molecule has 1 aliphatic carbocycles. The van der Waals surface area contributed by atoms with Crippen molar-refractivity contribution >= 4 is 46.0 Å². The molecule has 60 heavy (non-hydrogen) atoms. The fourth-order valence-corrected chi connectivity index (χ4v) is 8.88. The molecule has 1 saturated carbocycles. The molecule has 3 aliphatic rings. The molecule has 2 aliphatic heterocycles. The number of hydrogen-bond donors (Lipinski definition) is 8. The number of ether oxygens (including phenoxy) is 1. The predicted octanol–water partition coefficient (Wildman–Crippen LogP) is 7.65. The minimum Gasteiger partial charge on any atom is -0.508 e. The van der Waals surface area contributed by atoms with Crippen molar-refractivity contribution in [1.82, 2.24) is 31.2 Å². The summed E-state index contributed by atoms with van der Waals surface area (Å²) in [5.41, 5.74) is 7.24. The van der Waals surface area contributed by atoms with Crippen molar-refractivity contribution < 1.29 is 34.1 Å². The van der Waals surface area contributed by atoms with Gasteiger partial charge in [-0.1, -0.05) is 36.4 Å². The van der Waals surface area contributed by atoms with Gasteiger partial charge in [-0.05, 0) is 124 Å². The third-order valence-corrected chi connectivity index (χ3v) is 11.7. The minimum absolute atomic E-state index is 0.0905. The number of alkyl carbamates (subject to hydrolysis) is 1. The van der Waals surface area contributed by atoms with Crippen LogP contribution in [0.3, 0.4) is 0 Å². The summed E-state index contributed by atoms with van der Waals surface area (Å²) in [6.45, 7) is 7.85. The van der Waals surface area contributed by atoms with Gasteiger partial charge in [0.15, 0.2) is 6.29 Å². The van der Waals surface area contributed by atoms with Crippen molar-refractivity contribution in [3.05, 3.63) is 130 Å². The molecule has 8 N–H and O–H groups in total. The number of aromatic nitrogens is 2. The van der Waals surface area contributed by atoms with E-state index in [9.17, 15) is 29.4 Å². The largest absolute Gasteiger partial charge is 0.508 e. The number of phenolic OH excluding ortho intramolecular Hbond substituents is 2. The number of fused-ring (bicyclic) bond motifs is 4. The Labute approximate surface area is 347 Å². The first-order valence-corrected chi connectivity index (χ1v) is 20.5. The highest BCUT2D eigenvalue weighted by molar-refractivity contribution is 6.03. The van der Waals surface area contributed by atoms with Crippen molar-refractivity contribution in [3.8, 4) is 11.5 Å². The van der Waals surface area contributed by atoms with E-state index in [0.29, 0.717) is 47.3 Å². The van der Waals surface area contributed by atoms with Crippen LogP contribution < -0.4 is 21.3 Å². The molecule has 310 valence electrons. The number of benzene rings is 4. The standard InChI is InChI=1S/C30H38N4O4.C17H12N2O3/c1-30(2,3)38-29(37)32-16-19-10-8-18(9-11-19)15-31-17-25-26(22-6-4-5-7-24(22)33-25)27-23-14-20(35)12-13-21(23)28(36)34-27;20-8-14-15(11-3-1-2-4-13(11)18-14)16-12-7-9(21)5-6-10(12)17(22)19-16/h4-7,12-14,18-19,27,31,33,35H,8-11,15-17H2,1-3H3,(H,32,37)(H,34,36);1-8,16,18,21H,(H,19,22). The molecule has 0 saturated heterocycles. The summed E-state index contributed by atoms with van der Waals surface area (Å²) >= 11 is 0. The molecule has 9 rings (SSSR count). The van der Waals surface area contributed by atoms with E-state index in [4.69, 9.17) is 4.74 Å². The summed E-state index contributed by atoms with van der Waals surface area (Å²) in [5, 5.41) is 34.4. The quantitative estimate of drug-likeness (QED) is 0.0682. The molecule has 4 heterocycles. The van der Waals surface area contributed by atoms with Crippen LogP contribution in [0.4, 0.5) is 4.79 Å². The number of carbonyl (C=O) groups is 4. The Balaban J connectivity index is 0.000000191. The lowest BCUT2D eigenvalue weighted by molar-refractivity contribution is 0.0512. The number of rotatable bonds is 9. The summed E-state index contributed by atoms with van der Waals surface area (Å²) in [4.78, 5) is 54.8. The Morgan fingerprint density at radius 1 is 0.733 bits per heavy atom. The van der Waals surface area contributed by atoms with Crippen LogP contribution >= 0.6 is 0 Å². The van der Waals surface area contributed by atoms with Crippen molar-refractivity contribution in [2.75, 3.05) is 13.1 Å². The van der Waals surface area contributed by atoms with E-state index in [2.05, 4.69) is 43.4 Å². The van der Waals surface area contributed by atoms with E-state index in [-0.39, 0.29) is 35.4 Å². The lowest BCUT2D eigenvalue weighted by Crippen LogP contribution is -2.36. The van der Waals surface area contributed by atoms with Gasteiger partial charge in [0, 0.05) is 62.8 Å². The van der Waals surface area contributed by atoms with E-state index < -0.39 is 11.6 Å². The molecule has 4 aromatic carbocycles. The highest BCUT2D eigenvalue weighted by Gasteiger charge is 2.35. The number of aldehydes is 1. The Morgan fingerprint density at radius 3 is 1.82 bits per heavy atom. The third kappa shape index (κ3) is 8.30. The molecule has 0 bridgehead atoms. The van der Waals surface area contributed by atoms with Crippen LogP contribution in [0.15, 0.2) is 84.9 Å². The van der Waals surface area contributed by atoms with Crippen LogP contribution in [-0.4, -0.2) is 63.1 Å². The Kier molecular flexibility index (Phi) is 11.1. The number of H-pyrrole nitrogens is 2. The van der Waals surface area contributed by atoms with Gasteiger partial charge in [0.25, 0.3) is 11.8 Å². The fraction of sp³-hybridized carbons (Fsp3) is 0.319. The molecule has 0 radical (unpaired) electrons. The molecule has 1 fully saturated rings. The summed E-state index contributed by atoms with van der Waals surface area (Å²) < 4.78 is 5.35. The second-order valence-electron chi connectivity index (χ2n) is 16.9. The maximum atomic E-state index is 12.7. The van der Waals surface area contributed by atoms with Gasteiger partial charge in [0.05, 0.1) is 17.8 Å². The van der Waals surface area contributed by atoms with Gasteiger partial charge in [-0.3, -0.25) is 14.4 Å². The number of nitrogens with one attached hydrogen (secondary N) is 6. The summed E-state index contributed by atoms with van der Waals surface area (Å²) in [6, 6.07) is 24.5. The molecular weight excluding hydrogens is 761 g/mol. The molecule has 3 amide bonds. The predicted molar refractivity (Wildman–Crippen MR) is 228 cm³/mol. The molecular formula is C47H50N6O7. The van der Waals surface area contributed by atoms with Gasteiger partial charge in [0.2, 0.25) is 0 Å². The highest BCUT2D eigenvalue weighted by atomic mass is 16.6. The van der Waals surface area contributed by atoms with Crippen LogP contribution in [0.5, 0.6) is 11.5 Å². The summed E-state index contributed by atoms with van der Waals surface area (Å²) in [5.74, 6) is 0.995. The van der Waals surface area contributed by atoms with Crippen LogP contribution in [0, 0.1) is 11.8 Å². The number of hydrogen-bond acceptors (Lipinski definition) is 8. The first kappa shape index (κ1) is 40.2. The van der Waals surface area contributed by atoms with Gasteiger partial charge in [0.1, 0.15) is 17.1 Å². The number of carbonyl (C=O) groups excluding carboxylic acids is 4. The van der Waals surface area contributed by atoms with Crippen molar-refractivity contribution in [3.63, 3.8) is 0 Å². The third-order valence-electron chi connectivity index (χ3n) is 11.7. The van der Waals surface area contributed by atoms with Gasteiger partial charge >= 0.3 is 6.09 Å². The maximum absolute atomic E-state index is 12.7. The number of aromatic amines is 2. The maximum Gasteiger partial charge on any atom is 0.407 e. The molecule has 2 unspecified atom stereocenters. The summed E-state index contributed by atoms with van der Waals surface area (Å²) in [6.07, 6.45) is 4.84. The molecule has 2 aromatic heterocycles. The first-order valence-electron chi connectivity index (χ1n) is 20.5. The van der Waals surface area contributed by atoms with E-state index in [1.807, 2.05) is 57.2 Å². The number of para-hydroxylation sites is 2. The SMILES string of the molecule is CC(C)(C)OC(=O)NCC1CCC(CNCc2[nH]c3ccccc3c2C2NC(=O)c3ccc(O)cc32)CC1.O=Cc1[nH]c2ccccc2c1C1NC(=O)c2ccc(O)cc21. The van der Waals surface area contributed by atoms with E-state index in [1.54, 1.807) is 30.3 Å². The van der Waals surface area contributed by atoms with Crippen LogP contribution in [0.1, 0.15) is 118 Å². The lowest BCUT2D eigenvalue weighted by Gasteiger charge is -2.29. The lowest BCUT2D eigenvalue weighted by atomic mass is 9.82. The first-order chi connectivity index (χ1) is 28.9. The van der Waals surface area contributed by atoms with E-state index in [0.717, 1.165) is 82.7 Å². The van der Waals surface area contributed by atoms with Crippen molar-refractivity contribution in [1.29, 1.82) is 0 Å². The fourth-order valence-electron chi connectivity index (χ4n) is 8.88. The molecule has 13 nitrogen and oxygen atoms in total. The number of amides is 3. The minimum atomic E-state index is -0.479.